The molecule has 1 fully saturated rings. The molecule has 1 aliphatic rings. The molecule has 0 bridgehead atoms. The van der Waals surface area contributed by atoms with E-state index in [9.17, 15) is 0 Å². The Kier molecular flexibility index (Phi) is 3.80. The molecule has 88 valence electrons. The maximum absolute atomic E-state index is 6.11. The van der Waals surface area contributed by atoms with Crippen LogP contribution in [0.1, 0.15) is 24.4 Å². The van der Waals surface area contributed by atoms with Crippen molar-refractivity contribution in [3.63, 3.8) is 0 Å². The Balaban J connectivity index is 1.88. The molecular weight excluding hydrogens is 202 g/mol. The molecule has 2 N–H and O–H groups in total. The number of rotatable bonds is 6. The second kappa shape index (κ2) is 5.32. The van der Waals surface area contributed by atoms with E-state index in [1.54, 1.807) is 7.11 Å². The van der Waals surface area contributed by atoms with Crippen molar-refractivity contribution in [1.29, 1.82) is 0 Å². The van der Waals surface area contributed by atoms with Gasteiger partial charge >= 0.3 is 0 Å². The summed E-state index contributed by atoms with van der Waals surface area (Å²) < 4.78 is 10.4. The molecule has 0 amide bonds. The normalized spacial score (nSPS) is 17.1. The summed E-state index contributed by atoms with van der Waals surface area (Å²) in [6, 6.07) is 8.28. The molecule has 1 unspecified atom stereocenters. The molecule has 16 heavy (non-hydrogen) atoms. The second-order valence-corrected chi connectivity index (χ2v) is 4.27. The minimum absolute atomic E-state index is 0.202. The fraction of sp³-hybridized carbons (Fsp3) is 0.538. The van der Waals surface area contributed by atoms with Crippen molar-refractivity contribution in [3.8, 4) is 5.75 Å². The van der Waals surface area contributed by atoms with Crippen LogP contribution in [0.2, 0.25) is 0 Å². The summed E-state index contributed by atoms with van der Waals surface area (Å²) in [5.41, 5.74) is 7.32. The largest absolute Gasteiger partial charge is 0.491 e. The lowest BCUT2D eigenvalue weighted by molar-refractivity contribution is 0.146. The summed E-state index contributed by atoms with van der Waals surface area (Å²) in [5.74, 6) is 1.57. The summed E-state index contributed by atoms with van der Waals surface area (Å²) in [6.45, 7) is 1.20. The summed E-state index contributed by atoms with van der Waals surface area (Å²) in [5, 5.41) is 0. The van der Waals surface area contributed by atoms with Crippen LogP contribution >= 0.6 is 0 Å². The van der Waals surface area contributed by atoms with Crippen molar-refractivity contribution in [1.82, 2.24) is 0 Å². The van der Waals surface area contributed by atoms with Crippen LogP contribution in [0.3, 0.4) is 0 Å². The van der Waals surface area contributed by atoms with Gasteiger partial charge in [-0.2, -0.15) is 0 Å². The molecule has 1 atom stereocenters. The lowest BCUT2D eigenvalue weighted by Crippen LogP contribution is -2.12. The number of ether oxygens (including phenoxy) is 2. The molecule has 0 aromatic heterocycles. The molecule has 2 rings (SSSR count). The van der Waals surface area contributed by atoms with E-state index in [0.717, 1.165) is 5.75 Å². The highest BCUT2D eigenvalue weighted by atomic mass is 16.5. The molecule has 1 aromatic rings. The van der Waals surface area contributed by atoms with Gasteiger partial charge in [0.25, 0.3) is 0 Å². The third kappa shape index (κ3) is 2.97. The average molecular weight is 221 g/mol. The molecule has 0 heterocycles. The van der Waals surface area contributed by atoms with Crippen LogP contribution < -0.4 is 10.5 Å². The van der Waals surface area contributed by atoms with Crippen molar-refractivity contribution in [2.75, 3.05) is 20.3 Å². The fourth-order valence-corrected chi connectivity index (χ4v) is 1.76. The van der Waals surface area contributed by atoms with Gasteiger partial charge in [0, 0.05) is 13.2 Å². The Hall–Kier alpha value is -1.06. The summed E-state index contributed by atoms with van der Waals surface area (Å²) in [6.07, 6.45) is 2.54. The van der Waals surface area contributed by atoms with Gasteiger partial charge in [-0.1, -0.05) is 12.1 Å². The van der Waals surface area contributed by atoms with Crippen LogP contribution in [0, 0.1) is 5.92 Å². The molecule has 0 radical (unpaired) electrons. The first-order valence-electron chi connectivity index (χ1n) is 5.78. The molecular formula is C13H19NO2. The Labute approximate surface area is 96.5 Å². The Bertz CT molecular complexity index is 319. The smallest absolute Gasteiger partial charge is 0.119 e. The van der Waals surface area contributed by atoms with E-state index in [-0.39, 0.29) is 6.04 Å². The molecule has 0 spiro atoms. The maximum Gasteiger partial charge on any atom is 0.119 e. The zero-order chi connectivity index (χ0) is 11.4. The van der Waals surface area contributed by atoms with Gasteiger partial charge in [0.1, 0.15) is 12.4 Å². The van der Waals surface area contributed by atoms with Crippen LogP contribution in [0.15, 0.2) is 24.3 Å². The molecule has 1 aliphatic carbocycles. The van der Waals surface area contributed by atoms with Crippen LogP contribution in [0.25, 0.3) is 0 Å². The molecule has 1 saturated carbocycles. The van der Waals surface area contributed by atoms with Crippen LogP contribution in [-0.4, -0.2) is 20.3 Å². The van der Waals surface area contributed by atoms with E-state index in [2.05, 4.69) is 12.1 Å². The van der Waals surface area contributed by atoms with Gasteiger partial charge in [0.15, 0.2) is 0 Å². The predicted molar refractivity (Wildman–Crippen MR) is 63.5 cm³/mol. The highest BCUT2D eigenvalue weighted by Crippen LogP contribution is 2.39. The van der Waals surface area contributed by atoms with E-state index in [4.69, 9.17) is 15.2 Å². The third-order valence-corrected chi connectivity index (χ3v) is 2.95. The third-order valence-electron chi connectivity index (χ3n) is 2.95. The SMILES string of the molecule is COCCOc1ccc(C(N)C2CC2)cc1. The Morgan fingerprint density at radius 2 is 1.94 bits per heavy atom. The monoisotopic (exact) mass is 221 g/mol. The standard InChI is InChI=1S/C13H19NO2/c1-15-8-9-16-12-6-4-11(5-7-12)13(14)10-2-3-10/h4-7,10,13H,2-3,8-9,14H2,1H3. The van der Waals surface area contributed by atoms with Crippen molar-refractivity contribution < 1.29 is 9.47 Å². The van der Waals surface area contributed by atoms with E-state index < -0.39 is 0 Å². The Morgan fingerprint density at radius 1 is 1.25 bits per heavy atom. The minimum Gasteiger partial charge on any atom is -0.491 e. The number of hydrogen-bond donors (Lipinski definition) is 1. The molecule has 3 nitrogen and oxygen atoms in total. The van der Waals surface area contributed by atoms with Crippen molar-refractivity contribution in [2.24, 2.45) is 11.7 Å². The predicted octanol–water partition coefficient (Wildman–Crippen LogP) is 2.12. The van der Waals surface area contributed by atoms with Gasteiger partial charge in [-0.15, -0.1) is 0 Å². The number of methoxy groups -OCH3 is 1. The van der Waals surface area contributed by atoms with Gasteiger partial charge in [-0.25, -0.2) is 0 Å². The highest BCUT2D eigenvalue weighted by molar-refractivity contribution is 5.29. The van der Waals surface area contributed by atoms with Crippen molar-refractivity contribution >= 4 is 0 Å². The van der Waals surface area contributed by atoms with Gasteiger partial charge in [-0.05, 0) is 36.5 Å². The zero-order valence-electron chi connectivity index (χ0n) is 9.69. The molecule has 3 heteroatoms. The minimum atomic E-state index is 0.202. The summed E-state index contributed by atoms with van der Waals surface area (Å²) in [4.78, 5) is 0. The lowest BCUT2D eigenvalue weighted by Gasteiger charge is -2.11. The molecule has 0 aliphatic heterocycles. The quantitative estimate of drug-likeness (QED) is 0.748. The van der Waals surface area contributed by atoms with Crippen molar-refractivity contribution in [2.45, 2.75) is 18.9 Å². The Morgan fingerprint density at radius 3 is 2.50 bits per heavy atom. The van der Waals surface area contributed by atoms with E-state index in [1.807, 2.05) is 12.1 Å². The summed E-state index contributed by atoms with van der Waals surface area (Å²) in [7, 11) is 1.67. The number of hydrogen-bond acceptors (Lipinski definition) is 3. The zero-order valence-corrected chi connectivity index (χ0v) is 9.69. The number of nitrogens with two attached hydrogens (primary N) is 1. The topological polar surface area (TPSA) is 44.5 Å². The van der Waals surface area contributed by atoms with Gasteiger partial charge in [0.05, 0.1) is 6.61 Å². The highest BCUT2D eigenvalue weighted by Gasteiger charge is 2.29. The van der Waals surface area contributed by atoms with Gasteiger partial charge < -0.3 is 15.2 Å². The first kappa shape index (κ1) is 11.4. The van der Waals surface area contributed by atoms with Crippen LogP contribution in [0.5, 0.6) is 5.75 Å². The average Bonchev–Trinajstić information content (AvgIpc) is 3.13. The summed E-state index contributed by atoms with van der Waals surface area (Å²) >= 11 is 0. The number of benzene rings is 1. The van der Waals surface area contributed by atoms with Crippen LogP contribution in [0.4, 0.5) is 0 Å². The molecule has 0 saturated heterocycles. The van der Waals surface area contributed by atoms with E-state index in [1.165, 1.54) is 18.4 Å². The van der Waals surface area contributed by atoms with E-state index in [0.29, 0.717) is 19.1 Å². The first-order chi connectivity index (χ1) is 7.81. The maximum atomic E-state index is 6.11. The van der Waals surface area contributed by atoms with E-state index >= 15 is 0 Å². The second-order valence-electron chi connectivity index (χ2n) is 4.27. The first-order valence-corrected chi connectivity index (χ1v) is 5.78. The van der Waals surface area contributed by atoms with Crippen LogP contribution in [-0.2, 0) is 4.74 Å². The van der Waals surface area contributed by atoms with Gasteiger partial charge in [0.2, 0.25) is 0 Å². The van der Waals surface area contributed by atoms with Gasteiger partial charge in [-0.3, -0.25) is 0 Å². The van der Waals surface area contributed by atoms with Crippen molar-refractivity contribution in [3.05, 3.63) is 29.8 Å². The lowest BCUT2D eigenvalue weighted by atomic mass is 10.0. The fourth-order valence-electron chi connectivity index (χ4n) is 1.76. The molecule has 1 aromatic carbocycles.